The predicted octanol–water partition coefficient (Wildman–Crippen LogP) is 7.61. The molecule has 0 saturated carbocycles. The van der Waals surface area contributed by atoms with Crippen molar-refractivity contribution in [1.82, 2.24) is 15.4 Å². The van der Waals surface area contributed by atoms with Crippen LogP contribution in [-0.2, 0) is 0 Å². The minimum absolute atomic E-state index is 0.0867. The van der Waals surface area contributed by atoms with E-state index in [9.17, 15) is 22.4 Å². The third kappa shape index (κ3) is 6.38. The highest BCUT2D eigenvalue weighted by molar-refractivity contribution is 9.10. The van der Waals surface area contributed by atoms with Crippen LogP contribution in [0.3, 0.4) is 0 Å². The molecule has 2 N–H and O–H groups in total. The zero-order valence-corrected chi connectivity index (χ0v) is 20.5. The number of aromatic nitrogens is 2. The second-order valence-electron chi connectivity index (χ2n) is 6.68. The highest BCUT2D eigenvalue weighted by atomic mass is 79.9. The number of anilines is 1. The highest BCUT2D eigenvalue weighted by Crippen LogP contribution is 2.42. The third-order valence-electron chi connectivity index (χ3n) is 4.37. The van der Waals surface area contributed by atoms with Gasteiger partial charge in [-0.2, -0.15) is 13.2 Å². The standard InChI is InChI=1S/C21H12BrCl3F4N4O/c22-14-6-10(2-3-12(14)19(34)32-33-20-30-4-1-5-31-20)17(26)9-13(21(27,28)29)11-7-15(23)18(25)16(24)8-11/h1-9,13H,(H,32,34)(H,30,31,33)/b17-9-. The van der Waals surface area contributed by atoms with Crippen LogP contribution in [0, 0.1) is 0 Å². The lowest BCUT2D eigenvalue weighted by Crippen LogP contribution is -2.30. The topological polar surface area (TPSA) is 66.9 Å². The van der Waals surface area contributed by atoms with E-state index in [4.69, 9.17) is 34.8 Å². The van der Waals surface area contributed by atoms with Gasteiger partial charge >= 0.3 is 6.18 Å². The number of nitrogens with zero attached hydrogens (tertiary/aromatic N) is 2. The first-order valence-corrected chi connectivity index (χ1v) is 11.1. The molecule has 5 nitrogen and oxygen atoms in total. The number of benzene rings is 2. The molecule has 0 aliphatic heterocycles. The number of hydrogen-bond donors (Lipinski definition) is 2. The van der Waals surface area contributed by atoms with E-state index in [0.29, 0.717) is 6.08 Å². The summed E-state index contributed by atoms with van der Waals surface area (Å²) in [5.41, 5.74) is 4.37. The summed E-state index contributed by atoms with van der Waals surface area (Å²) in [7, 11) is 0. The molecule has 0 aliphatic rings. The lowest BCUT2D eigenvalue weighted by atomic mass is 9.96. The Morgan fingerprint density at radius 2 is 1.68 bits per heavy atom. The van der Waals surface area contributed by atoms with Crippen molar-refractivity contribution in [2.75, 3.05) is 5.43 Å². The number of alkyl halides is 3. The average molecular weight is 599 g/mol. The molecule has 1 aromatic heterocycles. The smallest absolute Gasteiger partial charge is 0.267 e. The number of hydrazine groups is 1. The molecule has 0 bridgehead atoms. The largest absolute Gasteiger partial charge is 0.399 e. The molecule has 3 aromatic rings. The Balaban J connectivity index is 1.86. The first-order valence-electron chi connectivity index (χ1n) is 9.19. The molecule has 34 heavy (non-hydrogen) atoms. The summed E-state index contributed by atoms with van der Waals surface area (Å²) in [5, 5.41) is -0.497. The van der Waals surface area contributed by atoms with E-state index in [-0.39, 0.29) is 42.2 Å². The number of allylic oxidation sites excluding steroid dienone is 1. The second-order valence-corrected chi connectivity index (χ2v) is 8.73. The Bertz CT molecular complexity index is 1220. The fraction of sp³-hybridized carbons (Fsp3) is 0.0952. The Labute approximate surface area is 214 Å². The van der Waals surface area contributed by atoms with Crippen LogP contribution in [0.1, 0.15) is 27.4 Å². The summed E-state index contributed by atoms with van der Waals surface area (Å²) < 4.78 is 56.2. The van der Waals surface area contributed by atoms with Crippen molar-refractivity contribution in [3.05, 3.63) is 91.1 Å². The van der Waals surface area contributed by atoms with Crippen LogP contribution in [-0.4, -0.2) is 22.1 Å². The van der Waals surface area contributed by atoms with Gasteiger partial charge in [0.2, 0.25) is 5.95 Å². The number of carbonyl (C=O) groups is 1. The molecule has 0 spiro atoms. The molecule has 13 heteroatoms. The molecule has 0 saturated heterocycles. The zero-order valence-electron chi connectivity index (χ0n) is 16.6. The number of hydrogen-bond acceptors (Lipinski definition) is 4. The fourth-order valence-corrected chi connectivity index (χ4v) is 3.94. The van der Waals surface area contributed by atoms with Crippen molar-refractivity contribution < 1.29 is 22.4 Å². The second kappa shape index (κ2) is 10.9. The first-order chi connectivity index (χ1) is 16.0. The normalized spacial score (nSPS) is 12.9. The molecule has 1 atom stereocenters. The Hall–Kier alpha value is -2.40. The summed E-state index contributed by atoms with van der Waals surface area (Å²) in [6, 6.07) is 7.13. The van der Waals surface area contributed by atoms with Gasteiger partial charge in [0, 0.05) is 22.4 Å². The van der Waals surface area contributed by atoms with E-state index in [0.717, 1.165) is 12.1 Å². The van der Waals surface area contributed by atoms with Gasteiger partial charge < -0.3 is 0 Å². The maximum absolute atomic E-state index is 14.9. The molecule has 0 aliphatic carbocycles. The highest BCUT2D eigenvalue weighted by Gasteiger charge is 2.40. The lowest BCUT2D eigenvalue weighted by Gasteiger charge is -2.19. The Morgan fingerprint density at radius 1 is 1.06 bits per heavy atom. The SMILES string of the molecule is O=C(NNc1ncccn1)c1ccc(/C(F)=C/C(c2cc(Cl)c(Cl)c(Cl)c2)C(F)(F)F)cc1Br. The summed E-state index contributed by atoms with van der Waals surface area (Å²) >= 11 is 20.6. The molecule has 0 radical (unpaired) electrons. The van der Waals surface area contributed by atoms with Crippen LogP contribution in [0.5, 0.6) is 0 Å². The van der Waals surface area contributed by atoms with Crippen molar-refractivity contribution in [3.8, 4) is 0 Å². The number of halogens is 8. The molecule has 2 aromatic carbocycles. The van der Waals surface area contributed by atoms with Gasteiger partial charge in [0.1, 0.15) is 11.7 Å². The molecule has 1 unspecified atom stereocenters. The fourth-order valence-electron chi connectivity index (χ4n) is 2.77. The number of carbonyl (C=O) groups excluding carboxylic acids is 1. The lowest BCUT2D eigenvalue weighted by molar-refractivity contribution is -0.139. The zero-order chi connectivity index (χ0) is 25.0. The third-order valence-corrected chi connectivity index (χ3v) is 6.23. The Kier molecular flexibility index (Phi) is 8.40. The summed E-state index contributed by atoms with van der Waals surface area (Å²) in [4.78, 5) is 20.1. The van der Waals surface area contributed by atoms with Gasteiger partial charge in [-0.3, -0.25) is 15.6 Å². The molecule has 3 rings (SSSR count). The minimum Gasteiger partial charge on any atom is -0.267 e. The van der Waals surface area contributed by atoms with Gasteiger partial charge in [0.15, 0.2) is 0 Å². The van der Waals surface area contributed by atoms with Gasteiger partial charge in [0.25, 0.3) is 5.91 Å². The van der Waals surface area contributed by atoms with E-state index in [1.54, 1.807) is 6.07 Å². The van der Waals surface area contributed by atoms with Gasteiger partial charge in [-0.25, -0.2) is 14.4 Å². The quantitative estimate of drug-likeness (QED) is 0.174. The van der Waals surface area contributed by atoms with Gasteiger partial charge in [-0.15, -0.1) is 0 Å². The van der Waals surface area contributed by atoms with Gasteiger partial charge in [-0.05, 0) is 57.9 Å². The van der Waals surface area contributed by atoms with Crippen molar-refractivity contribution in [2.45, 2.75) is 12.1 Å². The van der Waals surface area contributed by atoms with E-state index < -0.39 is 23.8 Å². The monoisotopic (exact) mass is 596 g/mol. The van der Waals surface area contributed by atoms with E-state index >= 15 is 0 Å². The summed E-state index contributed by atoms with van der Waals surface area (Å²) in [6.45, 7) is 0. The molecule has 1 heterocycles. The maximum atomic E-state index is 14.9. The maximum Gasteiger partial charge on any atom is 0.399 e. The van der Waals surface area contributed by atoms with Crippen LogP contribution in [0.2, 0.25) is 15.1 Å². The van der Waals surface area contributed by atoms with E-state index in [2.05, 4.69) is 36.7 Å². The molecule has 0 fully saturated rings. The first kappa shape index (κ1) is 26.2. The summed E-state index contributed by atoms with van der Waals surface area (Å²) in [6.07, 6.45) is -1.53. The van der Waals surface area contributed by atoms with Crippen molar-refractivity contribution in [2.24, 2.45) is 0 Å². The van der Waals surface area contributed by atoms with Crippen LogP contribution >= 0.6 is 50.7 Å². The van der Waals surface area contributed by atoms with Crippen LogP contribution < -0.4 is 10.9 Å². The molecule has 1 amide bonds. The number of nitrogens with one attached hydrogen (secondary N) is 2. The van der Waals surface area contributed by atoms with Gasteiger partial charge in [0.05, 0.1) is 20.6 Å². The minimum atomic E-state index is -4.85. The van der Waals surface area contributed by atoms with E-state index in [1.165, 1.54) is 30.6 Å². The van der Waals surface area contributed by atoms with Crippen molar-refractivity contribution in [3.63, 3.8) is 0 Å². The molecular weight excluding hydrogens is 587 g/mol. The molecular formula is C21H12BrCl3F4N4O. The van der Waals surface area contributed by atoms with Gasteiger partial charge in [-0.1, -0.05) is 40.9 Å². The average Bonchev–Trinajstić information content (AvgIpc) is 2.78. The Morgan fingerprint density at radius 3 is 2.24 bits per heavy atom. The van der Waals surface area contributed by atoms with Crippen LogP contribution in [0.4, 0.5) is 23.5 Å². The summed E-state index contributed by atoms with van der Waals surface area (Å²) in [5.74, 6) is -4.00. The number of amides is 1. The van der Waals surface area contributed by atoms with E-state index in [1.807, 2.05) is 0 Å². The van der Waals surface area contributed by atoms with Crippen molar-refractivity contribution in [1.29, 1.82) is 0 Å². The van der Waals surface area contributed by atoms with Crippen molar-refractivity contribution >= 4 is 68.4 Å². The molecule has 178 valence electrons. The van der Waals surface area contributed by atoms with Crippen LogP contribution in [0.15, 0.2) is 59.3 Å². The number of rotatable bonds is 6. The predicted molar refractivity (Wildman–Crippen MR) is 127 cm³/mol. The van der Waals surface area contributed by atoms with Crippen LogP contribution in [0.25, 0.3) is 5.83 Å².